The van der Waals surface area contributed by atoms with Gasteiger partial charge in [0.1, 0.15) is 0 Å². The molecular formula is C10H18N4. The number of anilines is 1. The van der Waals surface area contributed by atoms with E-state index < -0.39 is 0 Å². The molecule has 1 aromatic heterocycles. The van der Waals surface area contributed by atoms with Crippen LogP contribution in [0.2, 0.25) is 0 Å². The Labute approximate surface area is 84.5 Å². The summed E-state index contributed by atoms with van der Waals surface area (Å²) in [5.74, 6) is 1.42. The van der Waals surface area contributed by atoms with Crippen LogP contribution in [0.4, 0.5) is 5.82 Å². The Kier molecular flexibility index (Phi) is 2.21. The Morgan fingerprint density at radius 2 is 2.29 bits per heavy atom. The highest BCUT2D eigenvalue weighted by molar-refractivity contribution is 5.19. The van der Waals surface area contributed by atoms with E-state index in [0.717, 1.165) is 18.9 Å². The van der Waals surface area contributed by atoms with Crippen LogP contribution in [-0.2, 0) is 6.54 Å². The van der Waals surface area contributed by atoms with Crippen LogP contribution in [-0.4, -0.2) is 15.0 Å². The first-order valence-corrected chi connectivity index (χ1v) is 5.23. The molecule has 1 saturated carbocycles. The van der Waals surface area contributed by atoms with Crippen molar-refractivity contribution in [3.8, 4) is 0 Å². The van der Waals surface area contributed by atoms with E-state index in [-0.39, 0.29) is 0 Å². The number of nitrogen functional groups attached to an aromatic ring is 1. The van der Waals surface area contributed by atoms with Gasteiger partial charge in [-0.15, -0.1) is 5.10 Å². The molecule has 4 heteroatoms. The molecule has 2 N–H and O–H groups in total. The number of rotatable bonds is 4. The van der Waals surface area contributed by atoms with Gasteiger partial charge in [0.25, 0.3) is 0 Å². The number of aryl methyl sites for hydroxylation is 1. The number of nitrogens with two attached hydrogens (primary N) is 1. The molecule has 1 heterocycles. The molecule has 0 aliphatic heterocycles. The minimum Gasteiger partial charge on any atom is -0.381 e. The van der Waals surface area contributed by atoms with Gasteiger partial charge in [-0.25, -0.2) is 0 Å². The summed E-state index contributed by atoms with van der Waals surface area (Å²) < 4.78 is 0. The molecule has 0 saturated heterocycles. The van der Waals surface area contributed by atoms with Gasteiger partial charge in [-0.2, -0.15) is 9.90 Å². The van der Waals surface area contributed by atoms with E-state index in [0.29, 0.717) is 11.2 Å². The van der Waals surface area contributed by atoms with Crippen LogP contribution < -0.4 is 5.73 Å². The van der Waals surface area contributed by atoms with Crippen molar-refractivity contribution in [3.05, 3.63) is 6.20 Å². The van der Waals surface area contributed by atoms with Crippen molar-refractivity contribution in [3.63, 3.8) is 0 Å². The van der Waals surface area contributed by atoms with Gasteiger partial charge in [-0.1, -0.05) is 13.8 Å². The van der Waals surface area contributed by atoms with Crippen LogP contribution in [0.1, 0.15) is 33.1 Å². The third-order valence-corrected chi connectivity index (χ3v) is 3.19. The van der Waals surface area contributed by atoms with Crippen molar-refractivity contribution in [1.29, 1.82) is 0 Å². The Morgan fingerprint density at radius 1 is 1.57 bits per heavy atom. The molecule has 14 heavy (non-hydrogen) atoms. The van der Waals surface area contributed by atoms with Crippen molar-refractivity contribution in [2.75, 3.05) is 5.73 Å². The molecule has 1 aliphatic rings. The van der Waals surface area contributed by atoms with E-state index in [1.54, 1.807) is 11.0 Å². The summed E-state index contributed by atoms with van der Waals surface area (Å²) >= 11 is 0. The average molecular weight is 194 g/mol. The van der Waals surface area contributed by atoms with Crippen LogP contribution in [0.15, 0.2) is 6.20 Å². The zero-order chi connectivity index (χ0) is 10.2. The van der Waals surface area contributed by atoms with E-state index >= 15 is 0 Å². The predicted octanol–water partition coefficient (Wildman–Crippen LogP) is 1.69. The molecule has 0 amide bonds. The highest BCUT2D eigenvalue weighted by Crippen LogP contribution is 2.47. The summed E-state index contributed by atoms with van der Waals surface area (Å²) in [6.45, 7) is 5.54. The van der Waals surface area contributed by atoms with Gasteiger partial charge in [0.15, 0.2) is 5.82 Å². The summed E-state index contributed by atoms with van der Waals surface area (Å²) in [6, 6.07) is 0. The number of hydrogen-bond acceptors (Lipinski definition) is 3. The molecule has 1 fully saturated rings. The van der Waals surface area contributed by atoms with E-state index in [1.807, 2.05) is 0 Å². The molecule has 0 aromatic carbocycles. The zero-order valence-corrected chi connectivity index (χ0v) is 8.90. The normalized spacial score (nSPS) is 17.3. The average Bonchev–Trinajstić information content (AvgIpc) is 2.89. The van der Waals surface area contributed by atoms with Crippen molar-refractivity contribution in [1.82, 2.24) is 15.0 Å². The second kappa shape index (κ2) is 3.26. The third kappa shape index (κ3) is 2.05. The van der Waals surface area contributed by atoms with Gasteiger partial charge in [0, 0.05) is 0 Å². The molecule has 78 valence electrons. The lowest BCUT2D eigenvalue weighted by Gasteiger charge is -2.23. The van der Waals surface area contributed by atoms with Gasteiger partial charge in [-0.3, -0.25) is 0 Å². The highest BCUT2D eigenvalue weighted by Gasteiger charge is 2.37. The van der Waals surface area contributed by atoms with Crippen molar-refractivity contribution in [2.24, 2.45) is 11.3 Å². The van der Waals surface area contributed by atoms with Gasteiger partial charge in [0.2, 0.25) is 0 Å². The van der Waals surface area contributed by atoms with E-state index in [4.69, 9.17) is 5.73 Å². The standard InChI is InChI=1S/C10H18N4/c1-10(2,8-3-4-8)5-6-14-12-7-9(11)13-14/h7-8H,3-6H2,1-2H3,(H2,11,13). The number of aromatic nitrogens is 3. The second-order valence-corrected chi connectivity index (χ2v) is 4.88. The van der Waals surface area contributed by atoms with Gasteiger partial charge >= 0.3 is 0 Å². The Morgan fingerprint density at radius 3 is 2.79 bits per heavy atom. The number of hydrogen-bond donors (Lipinski definition) is 1. The number of nitrogens with zero attached hydrogens (tertiary/aromatic N) is 3. The molecular weight excluding hydrogens is 176 g/mol. The first-order valence-electron chi connectivity index (χ1n) is 5.23. The molecule has 4 nitrogen and oxygen atoms in total. The summed E-state index contributed by atoms with van der Waals surface area (Å²) in [6.07, 6.45) is 5.51. The van der Waals surface area contributed by atoms with E-state index in [2.05, 4.69) is 24.0 Å². The third-order valence-electron chi connectivity index (χ3n) is 3.19. The molecule has 1 aromatic rings. The predicted molar refractivity (Wildman–Crippen MR) is 55.6 cm³/mol. The maximum absolute atomic E-state index is 5.50. The Hall–Kier alpha value is -1.06. The Bertz CT molecular complexity index is 312. The minimum atomic E-state index is 0.433. The van der Waals surface area contributed by atoms with Crippen LogP contribution >= 0.6 is 0 Å². The first-order chi connectivity index (χ1) is 6.58. The fraction of sp³-hybridized carbons (Fsp3) is 0.800. The fourth-order valence-corrected chi connectivity index (χ4v) is 1.88. The minimum absolute atomic E-state index is 0.433. The molecule has 1 aliphatic carbocycles. The molecule has 0 unspecified atom stereocenters. The van der Waals surface area contributed by atoms with Crippen LogP contribution in [0.3, 0.4) is 0 Å². The maximum Gasteiger partial charge on any atom is 0.165 e. The van der Waals surface area contributed by atoms with Crippen molar-refractivity contribution in [2.45, 2.75) is 39.7 Å². The summed E-state index contributed by atoms with van der Waals surface area (Å²) in [7, 11) is 0. The molecule has 2 rings (SSSR count). The molecule has 0 radical (unpaired) electrons. The van der Waals surface area contributed by atoms with Crippen molar-refractivity contribution < 1.29 is 0 Å². The van der Waals surface area contributed by atoms with Gasteiger partial charge in [-0.05, 0) is 30.6 Å². The molecule has 0 bridgehead atoms. The van der Waals surface area contributed by atoms with E-state index in [9.17, 15) is 0 Å². The van der Waals surface area contributed by atoms with Crippen molar-refractivity contribution >= 4 is 5.82 Å². The quantitative estimate of drug-likeness (QED) is 0.793. The first kappa shape index (κ1) is 9.49. The lowest BCUT2D eigenvalue weighted by molar-refractivity contribution is 0.255. The van der Waals surface area contributed by atoms with E-state index in [1.165, 1.54) is 12.8 Å². The summed E-state index contributed by atoms with van der Waals surface area (Å²) in [5.41, 5.74) is 5.93. The zero-order valence-electron chi connectivity index (χ0n) is 8.90. The SMILES string of the molecule is CC(C)(CCn1ncc(N)n1)C1CC1. The fourth-order valence-electron chi connectivity index (χ4n) is 1.88. The summed E-state index contributed by atoms with van der Waals surface area (Å²) in [5, 5.41) is 8.16. The van der Waals surface area contributed by atoms with Gasteiger partial charge < -0.3 is 5.73 Å². The lowest BCUT2D eigenvalue weighted by Crippen LogP contribution is -2.18. The summed E-state index contributed by atoms with van der Waals surface area (Å²) in [4.78, 5) is 1.69. The second-order valence-electron chi connectivity index (χ2n) is 4.88. The van der Waals surface area contributed by atoms with Crippen LogP contribution in [0.5, 0.6) is 0 Å². The topological polar surface area (TPSA) is 56.7 Å². The maximum atomic E-state index is 5.50. The van der Waals surface area contributed by atoms with Crippen LogP contribution in [0.25, 0.3) is 0 Å². The largest absolute Gasteiger partial charge is 0.381 e. The van der Waals surface area contributed by atoms with Crippen LogP contribution in [0, 0.1) is 11.3 Å². The lowest BCUT2D eigenvalue weighted by atomic mass is 9.84. The smallest absolute Gasteiger partial charge is 0.165 e. The Balaban J connectivity index is 1.87. The monoisotopic (exact) mass is 194 g/mol. The molecule has 0 atom stereocenters. The highest BCUT2D eigenvalue weighted by atomic mass is 15.5. The molecule has 0 spiro atoms. The van der Waals surface area contributed by atoms with Gasteiger partial charge in [0.05, 0.1) is 12.7 Å².